The highest BCUT2D eigenvalue weighted by molar-refractivity contribution is 9.10. The molecule has 0 saturated heterocycles. The monoisotopic (exact) mass is 301 g/mol. The molecule has 0 saturated carbocycles. The van der Waals surface area contributed by atoms with Gasteiger partial charge in [-0.05, 0) is 38.0 Å². The van der Waals surface area contributed by atoms with Crippen LogP contribution in [0.1, 0.15) is 31.9 Å². The summed E-state index contributed by atoms with van der Waals surface area (Å²) in [5.74, 6) is 0. The predicted octanol–water partition coefficient (Wildman–Crippen LogP) is 2.71. The molecule has 17 heavy (non-hydrogen) atoms. The van der Waals surface area contributed by atoms with E-state index in [2.05, 4.69) is 27.8 Å². The SMILES string of the molecule is CCN(CCCO)c1ccc([C@H](C)O)c(Br)c1. The summed E-state index contributed by atoms with van der Waals surface area (Å²) in [5.41, 5.74) is 2.00. The fourth-order valence-electron chi connectivity index (χ4n) is 1.78. The molecule has 1 rings (SSSR count). The van der Waals surface area contributed by atoms with Gasteiger partial charge in [0.25, 0.3) is 0 Å². The van der Waals surface area contributed by atoms with E-state index in [9.17, 15) is 5.11 Å². The minimum Gasteiger partial charge on any atom is -0.396 e. The molecule has 1 aromatic carbocycles. The maximum atomic E-state index is 9.56. The molecule has 0 aliphatic heterocycles. The smallest absolute Gasteiger partial charge is 0.0772 e. The molecule has 0 aliphatic rings. The Morgan fingerprint density at radius 2 is 2.12 bits per heavy atom. The zero-order valence-electron chi connectivity index (χ0n) is 10.4. The number of hydrogen-bond acceptors (Lipinski definition) is 3. The van der Waals surface area contributed by atoms with E-state index in [1.165, 1.54) is 0 Å². The van der Waals surface area contributed by atoms with E-state index in [1.807, 2.05) is 18.2 Å². The van der Waals surface area contributed by atoms with Gasteiger partial charge in [-0.2, -0.15) is 0 Å². The van der Waals surface area contributed by atoms with Gasteiger partial charge in [0.1, 0.15) is 0 Å². The molecule has 96 valence electrons. The fourth-order valence-corrected chi connectivity index (χ4v) is 2.48. The van der Waals surface area contributed by atoms with E-state index in [1.54, 1.807) is 6.92 Å². The van der Waals surface area contributed by atoms with Gasteiger partial charge in [-0.3, -0.25) is 0 Å². The van der Waals surface area contributed by atoms with Crippen molar-refractivity contribution >= 4 is 21.6 Å². The molecule has 3 nitrogen and oxygen atoms in total. The molecular formula is C13H20BrNO2. The van der Waals surface area contributed by atoms with Crippen molar-refractivity contribution in [3.8, 4) is 0 Å². The molecule has 1 aromatic rings. The van der Waals surface area contributed by atoms with Crippen LogP contribution in [-0.4, -0.2) is 29.9 Å². The second-order valence-electron chi connectivity index (χ2n) is 4.04. The van der Waals surface area contributed by atoms with Crippen molar-refractivity contribution in [3.63, 3.8) is 0 Å². The number of hydrogen-bond donors (Lipinski definition) is 2. The summed E-state index contributed by atoms with van der Waals surface area (Å²) in [6.07, 6.45) is 0.301. The Kier molecular flexibility index (Phi) is 5.95. The van der Waals surface area contributed by atoms with Gasteiger partial charge in [0.15, 0.2) is 0 Å². The minimum atomic E-state index is -0.467. The van der Waals surface area contributed by atoms with Crippen LogP contribution in [-0.2, 0) is 0 Å². The van der Waals surface area contributed by atoms with Crippen molar-refractivity contribution in [2.45, 2.75) is 26.4 Å². The fraction of sp³-hybridized carbons (Fsp3) is 0.538. The van der Waals surface area contributed by atoms with Gasteiger partial charge in [-0.1, -0.05) is 22.0 Å². The molecule has 0 bridgehead atoms. The lowest BCUT2D eigenvalue weighted by Gasteiger charge is -2.23. The van der Waals surface area contributed by atoms with E-state index in [0.29, 0.717) is 0 Å². The highest BCUT2D eigenvalue weighted by Gasteiger charge is 2.09. The van der Waals surface area contributed by atoms with Crippen LogP contribution in [0.15, 0.2) is 22.7 Å². The second-order valence-corrected chi connectivity index (χ2v) is 4.89. The molecule has 4 heteroatoms. The Balaban J connectivity index is 2.86. The van der Waals surface area contributed by atoms with E-state index >= 15 is 0 Å². The normalized spacial score (nSPS) is 12.5. The Morgan fingerprint density at radius 1 is 1.41 bits per heavy atom. The minimum absolute atomic E-state index is 0.212. The van der Waals surface area contributed by atoms with Gasteiger partial charge in [-0.15, -0.1) is 0 Å². The van der Waals surface area contributed by atoms with E-state index < -0.39 is 6.10 Å². The Hall–Kier alpha value is -0.580. The Bertz CT molecular complexity index is 355. The average Bonchev–Trinajstić information content (AvgIpc) is 2.29. The first-order valence-electron chi connectivity index (χ1n) is 5.93. The van der Waals surface area contributed by atoms with Crippen molar-refractivity contribution < 1.29 is 10.2 Å². The van der Waals surface area contributed by atoms with Crippen molar-refractivity contribution in [1.29, 1.82) is 0 Å². The summed E-state index contributed by atoms with van der Waals surface area (Å²) in [4.78, 5) is 2.20. The number of rotatable bonds is 6. The van der Waals surface area contributed by atoms with Gasteiger partial charge < -0.3 is 15.1 Å². The molecular weight excluding hydrogens is 282 g/mol. The highest BCUT2D eigenvalue weighted by Crippen LogP contribution is 2.28. The van der Waals surface area contributed by atoms with Crippen LogP contribution in [0.3, 0.4) is 0 Å². The lowest BCUT2D eigenvalue weighted by atomic mass is 10.1. The van der Waals surface area contributed by atoms with Crippen molar-refractivity contribution in [3.05, 3.63) is 28.2 Å². The highest BCUT2D eigenvalue weighted by atomic mass is 79.9. The van der Waals surface area contributed by atoms with Gasteiger partial charge in [0, 0.05) is 29.9 Å². The molecule has 0 radical (unpaired) electrons. The average molecular weight is 302 g/mol. The van der Waals surface area contributed by atoms with Crippen molar-refractivity contribution in [2.24, 2.45) is 0 Å². The van der Waals surface area contributed by atoms with Crippen molar-refractivity contribution in [2.75, 3.05) is 24.6 Å². The lowest BCUT2D eigenvalue weighted by molar-refractivity contribution is 0.198. The zero-order valence-corrected chi connectivity index (χ0v) is 11.9. The molecule has 0 unspecified atom stereocenters. The predicted molar refractivity (Wildman–Crippen MR) is 74.4 cm³/mol. The molecule has 0 spiro atoms. The zero-order chi connectivity index (χ0) is 12.8. The van der Waals surface area contributed by atoms with Crippen LogP contribution in [0.5, 0.6) is 0 Å². The first-order valence-corrected chi connectivity index (χ1v) is 6.72. The van der Waals surface area contributed by atoms with Gasteiger partial charge in [-0.25, -0.2) is 0 Å². The molecule has 1 atom stereocenters. The largest absolute Gasteiger partial charge is 0.396 e. The topological polar surface area (TPSA) is 43.7 Å². The van der Waals surface area contributed by atoms with Crippen LogP contribution >= 0.6 is 15.9 Å². The Morgan fingerprint density at radius 3 is 2.59 bits per heavy atom. The molecule has 0 heterocycles. The number of aliphatic hydroxyl groups excluding tert-OH is 2. The molecule has 0 aliphatic carbocycles. The van der Waals surface area contributed by atoms with Crippen LogP contribution in [0.25, 0.3) is 0 Å². The number of nitrogens with zero attached hydrogens (tertiary/aromatic N) is 1. The summed E-state index contributed by atoms with van der Waals surface area (Å²) < 4.78 is 0.924. The van der Waals surface area contributed by atoms with E-state index in [-0.39, 0.29) is 6.61 Å². The third kappa shape index (κ3) is 3.98. The molecule has 0 amide bonds. The van der Waals surface area contributed by atoms with Crippen LogP contribution < -0.4 is 4.90 Å². The van der Waals surface area contributed by atoms with Crippen LogP contribution in [0.2, 0.25) is 0 Å². The van der Waals surface area contributed by atoms with Gasteiger partial charge in [0.05, 0.1) is 6.10 Å². The van der Waals surface area contributed by atoms with E-state index in [0.717, 1.165) is 35.2 Å². The van der Waals surface area contributed by atoms with Crippen molar-refractivity contribution in [1.82, 2.24) is 0 Å². The molecule has 0 fully saturated rings. The van der Waals surface area contributed by atoms with Crippen LogP contribution in [0.4, 0.5) is 5.69 Å². The maximum absolute atomic E-state index is 9.56. The molecule has 2 N–H and O–H groups in total. The number of aliphatic hydroxyl groups is 2. The quantitative estimate of drug-likeness (QED) is 0.849. The summed E-state index contributed by atoms with van der Waals surface area (Å²) in [6.45, 7) is 5.80. The number of halogens is 1. The Labute approximate surface area is 111 Å². The maximum Gasteiger partial charge on any atom is 0.0772 e. The third-order valence-corrected chi connectivity index (χ3v) is 3.45. The summed E-state index contributed by atoms with van der Waals surface area (Å²) in [5, 5.41) is 18.4. The van der Waals surface area contributed by atoms with Gasteiger partial charge >= 0.3 is 0 Å². The first kappa shape index (κ1) is 14.5. The standard InChI is InChI=1S/C13H20BrNO2/c1-3-15(7-4-8-16)11-5-6-12(10(2)17)13(14)9-11/h5-6,9-10,16-17H,3-4,7-8H2,1-2H3/t10-/m0/s1. The van der Waals surface area contributed by atoms with Crippen LogP contribution in [0, 0.1) is 0 Å². The summed E-state index contributed by atoms with van der Waals surface area (Å²) in [6, 6.07) is 5.96. The molecule has 0 aromatic heterocycles. The number of benzene rings is 1. The summed E-state index contributed by atoms with van der Waals surface area (Å²) in [7, 11) is 0. The number of anilines is 1. The van der Waals surface area contributed by atoms with Gasteiger partial charge in [0.2, 0.25) is 0 Å². The first-order chi connectivity index (χ1) is 8.10. The summed E-state index contributed by atoms with van der Waals surface area (Å²) >= 11 is 3.48. The second kappa shape index (κ2) is 6.99. The van der Waals surface area contributed by atoms with E-state index in [4.69, 9.17) is 5.11 Å². The lowest BCUT2D eigenvalue weighted by Crippen LogP contribution is -2.24. The third-order valence-electron chi connectivity index (χ3n) is 2.77.